The summed E-state index contributed by atoms with van der Waals surface area (Å²) in [5, 5.41) is 6.19. The van der Waals surface area contributed by atoms with Crippen LogP contribution >= 0.6 is 0 Å². The molecular formula is C19H27N3O3. The largest absolute Gasteiger partial charge is 0.497 e. The standard InChI is InChI=1S/C19H27N3O3/c1-25-17-8-4-5-14(13-17)18(23)20-16-9-11-22(12-10-16)19(24)21-15-6-2-3-7-15/h4-5,8,13,15-16H,2-3,6-7,9-12H2,1H3,(H,20,23)(H,21,24). The highest BCUT2D eigenvalue weighted by Crippen LogP contribution is 2.19. The summed E-state index contributed by atoms with van der Waals surface area (Å²) in [5.41, 5.74) is 0.598. The van der Waals surface area contributed by atoms with Crippen LogP contribution in [0, 0.1) is 0 Å². The normalized spacial score (nSPS) is 18.8. The minimum Gasteiger partial charge on any atom is -0.497 e. The van der Waals surface area contributed by atoms with Gasteiger partial charge >= 0.3 is 6.03 Å². The number of nitrogens with zero attached hydrogens (tertiary/aromatic N) is 1. The van der Waals surface area contributed by atoms with Crippen LogP contribution in [0.2, 0.25) is 0 Å². The number of urea groups is 1. The molecule has 0 atom stereocenters. The molecule has 0 bridgehead atoms. The maximum absolute atomic E-state index is 12.4. The third kappa shape index (κ3) is 4.65. The number of nitrogens with one attached hydrogen (secondary N) is 2. The first kappa shape index (κ1) is 17.6. The Balaban J connectivity index is 1.45. The van der Waals surface area contributed by atoms with Crippen LogP contribution in [0.5, 0.6) is 5.75 Å². The van der Waals surface area contributed by atoms with Gasteiger partial charge in [-0.25, -0.2) is 4.79 Å². The molecule has 25 heavy (non-hydrogen) atoms. The molecule has 3 amide bonds. The molecule has 136 valence electrons. The molecule has 6 heteroatoms. The Morgan fingerprint density at radius 2 is 1.72 bits per heavy atom. The first-order chi connectivity index (χ1) is 12.2. The summed E-state index contributed by atoms with van der Waals surface area (Å²) in [6.07, 6.45) is 6.19. The molecule has 1 aromatic carbocycles. The maximum atomic E-state index is 12.4. The first-order valence-electron chi connectivity index (χ1n) is 9.16. The molecule has 2 aliphatic rings. The number of hydrogen-bond donors (Lipinski definition) is 2. The Labute approximate surface area is 148 Å². The van der Waals surface area contributed by atoms with E-state index in [9.17, 15) is 9.59 Å². The van der Waals surface area contributed by atoms with E-state index in [0.29, 0.717) is 30.4 Å². The van der Waals surface area contributed by atoms with Gasteiger partial charge in [-0.15, -0.1) is 0 Å². The van der Waals surface area contributed by atoms with E-state index in [0.717, 1.165) is 25.7 Å². The fourth-order valence-electron chi connectivity index (χ4n) is 3.60. The van der Waals surface area contributed by atoms with Crippen LogP contribution in [0.3, 0.4) is 0 Å². The lowest BCUT2D eigenvalue weighted by atomic mass is 10.0. The van der Waals surface area contributed by atoms with Crippen molar-refractivity contribution in [1.82, 2.24) is 15.5 Å². The van der Waals surface area contributed by atoms with Gasteiger partial charge in [0.15, 0.2) is 0 Å². The van der Waals surface area contributed by atoms with E-state index in [2.05, 4.69) is 10.6 Å². The molecule has 1 aromatic rings. The van der Waals surface area contributed by atoms with E-state index in [1.54, 1.807) is 19.2 Å². The minimum absolute atomic E-state index is 0.0458. The lowest BCUT2D eigenvalue weighted by Crippen LogP contribution is -2.51. The summed E-state index contributed by atoms with van der Waals surface area (Å²) in [7, 11) is 1.59. The molecule has 1 saturated heterocycles. The number of benzene rings is 1. The Kier molecular flexibility index (Phi) is 5.79. The molecule has 3 rings (SSSR count). The Morgan fingerprint density at radius 3 is 2.40 bits per heavy atom. The number of rotatable bonds is 4. The second kappa shape index (κ2) is 8.23. The lowest BCUT2D eigenvalue weighted by molar-refractivity contribution is 0.0917. The van der Waals surface area contributed by atoms with Gasteiger partial charge in [0.2, 0.25) is 0 Å². The van der Waals surface area contributed by atoms with Crippen LogP contribution < -0.4 is 15.4 Å². The van der Waals surface area contributed by atoms with Crippen LogP contribution in [0.25, 0.3) is 0 Å². The second-order valence-electron chi connectivity index (χ2n) is 6.90. The third-order valence-corrected chi connectivity index (χ3v) is 5.13. The number of carbonyl (C=O) groups is 2. The highest BCUT2D eigenvalue weighted by molar-refractivity contribution is 5.94. The van der Waals surface area contributed by atoms with Gasteiger partial charge in [0.1, 0.15) is 5.75 Å². The van der Waals surface area contributed by atoms with Gasteiger partial charge in [0, 0.05) is 30.7 Å². The van der Waals surface area contributed by atoms with Gasteiger partial charge in [0.05, 0.1) is 7.11 Å². The quantitative estimate of drug-likeness (QED) is 0.881. The SMILES string of the molecule is COc1cccc(C(=O)NC2CCN(C(=O)NC3CCCC3)CC2)c1. The van der Waals surface area contributed by atoms with Crippen molar-refractivity contribution in [2.45, 2.75) is 50.6 Å². The molecule has 1 aliphatic heterocycles. The Bertz CT molecular complexity index is 606. The van der Waals surface area contributed by atoms with Gasteiger partial charge in [-0.05, 0) is 43.9 Å². The number of carbonyl (C=O) groups excluding carboxylic acids is 2. The zero-order valence-corrected chi connectivity index (χ0v) is 14.8. The number of likely N-dealkylation sites (tertiary alicyclic amines) is 1. The molecule has 1 heterocycles. The summed E-state index contributed by atoms with van der Waals surface area (Å²) >= 11 is 0. The molecule has 1 aliphatic carbocycles. The summed E-state index contributed by atoms with van der Waals surface area (Å²) in [5.74, 6) is 0.582. The van der Waals surface area contributed by atoms with Gasteiger partial charge in [-0.1, -0.05) is 18.9 Å². The van der Waals surface area contributed by atoms with Crippen molar-refractivity contribution in [3.63, 3.8) is 0 Å². The zero-order chi connectivity index (χ0) is 17.6. The van der Waals surface area contributed by atoms with Gasteiger partial charge < -0.3 is 20.3 Å². The molecule has 1 saturated carbocycles. The molecule has 6 nitrogen and oxygen atoms in total. The highest BCUT2D eigenvalue weighted by atomic mass is 16.5. The third-order valence-electron chi connectivity index (χ3n) is 5.13. The van der Waals surface area contributed by atoms with Crippen LogP contribution in [-0.2, 0) is 0 Å². The molecule has 0 unspecified atom stereocenters. The fraction of sp³-hybridized carbons (Fsp3) is 0.579. The molecule has 0 aromatic heterocycles. The number of ether oxygens (including phenoxy) is 1. The predicted molar refractivity (Wildman–Crippen MR) is 95.8 cm³/mol. The predicted octanol–water partition coefficient (Wildman–Crippen LogP) is 2.54. The van der Waals surface area contributed by atoms with Crippen LogP contribution in [0.4, 0.5) is 4.79 Å². The topological polar surface area (TPSA) is 70.7 Å². The summed E-state index contributed by atoms with van der Waals surface area (Å²) < 4.78 is 5.16. The van der Waals surface area contributed by atoms with Gasteiger partial charge in [0.25, 0.3) is 5.91 Å². The van der Waals surface area contributed by atoms with E-state index < -0.39 is 0 Å². The average molecular weight is 345 g/mol. The Morgan fingerprint density at radius 1 is 1.04 bits per heavy atom. The monoisotopic (exact) mass is 345 g/mol. The van der Waals surface area contributed by atoms with Crippen LogP contribution in [0.15, 0.2) is 24.3 Å². The van der Waals surface area contributed by atoms with E-state index in [1.807, 2.05) is 17.0 Å². The zero-order valence-electron chi connectivity index (χ0n) is 14.8. The summed E-state index contributed by atoms with van der Waals surface area (Å²) in [4.78, 5) is 26.5. The van der Waals surface area contributed by atoms with Crippen LogP contribution in [0.1, 0.15) is 48.9 Å². The summed E-state index contributed by atoms with van der Waals surface area (Å²) in [6, 6.07) is 7.64. The fourth-order valence-corrected chi connectivity index (χ4v) is 3.60. The molecular weight excluding hydrogens is 318 g/mol. The number of hydrogen-bond acceptors (Lipinski definition) is 3. The average Bonchev–Trinajstić information content (AvgIpc) is 3.15. The van der Waals surface area contributed by atoms with Crippen molar-refractivity contribution in [2.24, 2.45) is 0 Å². The van der Waals surface area contributed by atoms with Crippen molar-refractivity contribution in [3.8, 4) is 5.75 Å². The van der Waals surface area contributed by atoms with Crippen molar-refractivity contribution in [2.75, 3.05) is 20.2 Å². The number of methoxy groups -OCH3 is 1. The Hall–Kier alpha value is -2.24. The molecule has 0 spiro atoms. The van der Waals surface area contributed by atoms with Gasteiger partial charge in [-0.2, -0.15) is 0 Å². The second-order valence-corrected chi connectivity index (χ2v) is 6.90. The molecule has 0 radical (unpaired) electrons. The maximum Gasteiger partial charge on any atom is 0.317 e. The number of piperidine rings is 1. The summed E-state index contributed by atoms with van der Waals surface area (Å²) in [6.45, 7) is 1.36. The first-order valence-corrected chi connectivity index (χ1v) is 9.16. The highest BCUT2D eigenvalue weighted by Gasteiger charge is 2.26. The molecule has 2 fully saturated rings. The van der Waals surface area contributed by atoms with Crippen molar-refractivity contribution in [3.05, 3.63) is 29.8 Å². The van der Waals surface area contributed by atoms with E-state index >= 15 is 0 Å². The van der Waals surface area contributed by atoms with E-state index in [1.165, 1.54) is 12.8 Å². The van der Waals surface area contributed by atoms with Crippen molar-refractivity contribution >= 4 is 11.9 Å². The smallest absolute Gasteiger partial charge is 0.317 e. The lowest BCUT2D eigenvalue weighted by Gasteiger charge is -2.33. The number of amides is 3. The minimum atomic E-state index is -0.0900. The van der Waals surface area contributed by atoms with Crippen molar-refractivity contribution < 1.29 is 14.3 Å². The van der Waals surface area contributed by atoms with Crippen molar-refractivity contribution in [1.29, 1.82) is 0 Å². The van der Waals surface area contributed by atoms with Gasteiger partial charge in [-0.3, -0.25) is 4.79 Å². The molecule has 2 N–H and O–H groups in total. The van der Waals surface area contributed by atoms with Crippen LogP contribution in [-0.4, -0.2) is 49.1 Å². The van der Waals surface area contributed by atoms with E-state index in [4.69, 9.17) is 4.74 Å². The van der Waals surface area contributed by atoms with E-state index in [-0.39, 0.29) is 18.0 Å².